The number of nitrogens with zero attached hydrogens (tertiary/aromatic N) is 4. The molecule has 0 atom stereocenters. The maximum Gasteiger partial charge on any atom is 0.180 e. The predicted octanol–water partition coefficient (Wildman–Crippen LogP) is 5.99. The second-order valence-corrected chi connectivity index (χ2v) is 9.76. The van der Waals surface area contributed by atoms with Gasteiger partial charge in [-0.2, -0.15) is 10.2 Å². The van der Waals surface area contributed by atoms with Gasteiger partial charge in [-0.05, 0) is 53.1 Å². The van der Waals surface area contributed by atoms with Crippen LogP contribution in [-0.2, 0) is 6.42 Å². The first-order valence-electron chi connectivity index (χ1n) is 12.1. The molecule has 7 nitrogen and oxygen atoms in total. The number of aromatic nitrogens is 6. The summed E-state index contributed by atoms with van der Waals surface area (Å²) in [5.41, 5.74) is 10.0. The Balaban J connectivity index is 1.02. The van der Waals surface area contributed by atoms with E-state index in [0.29, 0.717) is 12.4 Å². The van der Waals surface area contributed by atoms with Crippen LogP contribution >= 0.6 is 11.3 Å². The lowest BCUT2D eigenvalue weighted by molar-refractivity contribution is 0.370. The molecule has 0 aliphatic heterocycles. The normalized spacial score (nSPS) is 11.5. The third-order valence-corrected chi connectivity index (χ3v) is 7.39. The fraction of sp³-hybridized carbons (Fsp3) is 0.0667. The Morgan fingerprint density at radius 3 is 2.58 bits per heavy atom. The molecule has 0 bridgehead atoms. The molecular formula is C30H20N6OS. The average molecular weight is 513 g/mol. The topological polar surface area (TPSA) is 92.4 Å². The lowest BCUT2D eigenvalue weighted by Gasteiger charge is -2.04. The number of H-pyrrole nitrogens is 2. The number of aromatic amines is 2. The summed E-state index contributed by atoms with van der Waals surface area (Å²) in [4.78, 5) is 9.32. The highest BCUT2D eigenvalue weighted by Crippen LogP contribution is 2.41. The minimum absolute atomic E-state index is 0.322. The molecule has 6 aromatic rings. The van der Waals surface area contributed by atoms with Crippen molar-refractivity contribution < 1.29 is 4.74 Å². The summed E-state index contributed by atoms with van der Waals surface area (Å²) in [6.07, 6.45) is 6.00. The highest BCUT2D eigenvalue weighted by atomic mass is 32.1. The molecule has 4 aromatic heterocycles. The van der Waals surface area contributed by atoms with E-state index in [-0.39, 0.29) is 0 Å². The van der Waals surface area contributed by atoms with E-state index in [0.717, 1.165) is 50.7 Å². The number of hydrogen-bond acceptors (Lipinski definition) is 6. The molecule has 2 N–H and O–H groups in total. The second-order valence-electron chi connectivity index (χ2n) is 8.85. The van der Waals surface area contributed by atoms with Crippen LogP contribution in [0.5, 0.6) is 5.75 Å². The van der Waals surface area contributed by atoms with Gasteiger partial charge in [0.05, 0.1) is 16.3 Å². The van der Waals surface area contributed by atoms with E-state index in [2.05, 4.69) is 65.8 Å². The van der Waals surface area contributed by atoms with Crippen molar-refractivity contribution in [2.75, 3.05) is 6.61 Å². The lowest BCUT2D eigenvalue weighted by Crippen LogP contribution is -1.93. The van der Waals surface area contributed by atoms with Gasteiger partial charge in [0.25, 0.3) is 0 Å². The molecule has 2 aromatic carbocycles. The molecule has 0 amide bonds. The van der Waals surface area contributed by atoms with Crippen LogP contribution < -0.4 is 4.74 Å². The van der Waals surface area contributed by atoms with E-state index in [4.69, 9.17) is 4.74 Å². The SMILES string of the molecule is C(#Cc1cc(-c2n[nH]c3c2Cc2cc(-c4nc[nH]n4)ccc2-3)cs1)COc1ccc(-c2ccncc2)cc1. The Kier molecular flexibility index (Phi) is 5.53. The second kappa shape index (κ2) is 9.47. The van der Waals surface area contributed by atoms with Crippen molar-refractivity contribution in [2.24, 2.45) is 0 Å². The number of hydrogen-bond donors (Lipinski definition) is 2. The highest BCUT2D eigenvalue weighted by molar-refractivity contribution is 7.11. The van der Waals surface area contributed by atoms with Crippen molar-refractivity contribution in [3.63, 3.8) is 0 Å². The third-order valence-electron chi connectivity index (χ3n) is 6.55. The first-order valence-corrected chi connectivity index (χ1v) is 13.0. The molecule has 0 spiro atoms. The molecule has 8 heteroatoms. The first-order chi connectivity index (χ1) is 18.8. The molecule has 7 rings (SSSR count). The highest BCUT2D eigenvalue weighted by Gasteiger charge is 2.26. The number of benzene rings is 2. The Hall–Kier alpha value is -5.00. The van der Waals surface area contributed by atoms with Crippen LogP contribution in [-0.4, -0.2) is 37.0 Å². The molecule has 0 fully saturated rings. The Morgan fingerprint density at radius 1 is 0.895 bits per heavy atom. The van der Waals surface area contributed by atoms with Gasteiger partial charge in [0.1, 0.15) is 18.7 Å². The van der Waals surface area contributed by atoms with E-state index in [1.54, 1.807) is 30.1 Å². The van der Waals surface area contributed by atoms with Gasteiger partial charge < -0.3 is 4.74 Å². The molecule has 0 saturated heterocycles. The summed E-state index contributed by atoms with van der Waals surface area (Å²) in [7, 11) is 0. The van der Waals surface area contributed by atoms with Crippen molar-refractivity contribution in [2.45, 2.75) is 6.42 Å². The quantitative estimate of drug-likeness (QED) is 0.277. The monoisotopic (exact) mass is 512 g/mol. The number of ether oxygens (including phenoxy) is 1. The van der Waals surface area contributed by atoms with Crippen LogP contribution in [0, 0.1) is 11.8 Å². The number of thiophene rings is 1. The number of fused-ring (bicyclic) bond motifs is 3. The zero-order valence-corrected chi connectivity index (χ0v) is 20.9. The molecule has 0 radical (unpaired) electrons. The molecule has 0 saturated carbocycles. The van der Waals surface area contributed by atoms with E-state index >= 15 is 0 Å². The molecule has 1 aliphatic carbocycles. The minimum Gasteiger partial charge on any atom is -0.481 e. The number of rotatable bonds is 5. The van der Waals surface area contributed by atoms with Crippen LogP contribution in [0.25, 0.3) is 45.0 Å². The molecule has 38 heavy (non-hydrogen) atoms. The van der Waals surface area contributed by atoms with Crippen LogP contribution in [0.1, 0.15) is 16.0 Å². The zero-order chi connectivity index (χ0) is 25.3. The number of nitrogens with one attached hydrogen (secondary N) is 2. The minimum atomic E-state index is 0.322. The standard InChI is InChI=1S/C30H20N6OS/c1(13-37-24-6-3-19(4-7-24)20-9-11-31-12-10-20)2-25-15-23(17-38-25)28-27-16-22-14-21(30-32-18-33-36-30)5-8-26(22)29(27)35-34-28/h3-12,14-15,17-18H,13,16H2,(H,34,35)(H,32,33,36). The Labute approximate surface area is 222 Å². The summed E-state index contributed by atoms with van der Waals surface area (Å²) < 4.78 is 5.82. The molecule has 182 valence electrons. The summed E-state index contributed by atoms with van der Waals surface area (Å²) in [5.74, 6) is 7.85. The third kappa shape index (κ3) is 4.15. The van der Waals surface area contributed by atoms with Gasteiger partial charge >= 0.3 is 0 Å². The van der Waals surface area contributed by atoms with Crippen molar-refractivity contribution in [1.82, 2.24) is 30.4 Å². The van der Waals surface area contributed by atoms with Crippen molar-refractivity contribution >= 4 is 11.3 Å². The van der Waals surface area contributed by atoms with Crippen molar-refractivity contribution in [1.29, 1.82) is 0 Å². The summed E-state index contributed by atoms with van der Waals surface area (Å²) in [6, 6.07) is 20.4. The van der Waals surface area contributed by atoms with Crippen molar-refractivity contribution in [3.05, 3.63) is 101 Å². The molecule has 0 unspecified atom stereocenters. The molecule has 4 heterocycles. The fourth-order valence-corrected chi connectivity index (χ4v) is 5.48. The Morgan fingerprint density at radius 2 is 1.74 bits per heavy atom. The van der Waals surface area contributed by atoms with E-state index < -0.39 is 0 Å². The van der Waals surface area contributed by atoms with Crippen LogP contribution in [0.3, 0.4) is 0 Å². The summed E-state index contributed by atoms with van der Waals surface area (Å²) in [5, 5.41) is 17.0. The lowest BCUT2D eigenvalue weighted by atomic mass is 10.0. The van der Waals surface area contributed by atoms with Crippen LogP contribution in [0.4, 0.5) is 0 Å². The maximum atomic E-state index is 5.82. The van der Waals surface area contributed by atoms with E-state index in [1.165, 1.54) is 16.7 Å². The number of pyridine rings is 1. The molecular weight excluding hydrogens is 492 g/mol. The van der Waals surface area contributed by atoms with Crippen molar-refractivity contribution in [3.8, 4) is 62.6 Å². The summed E-state index contributed by atoms with van der Waals surface area (Å²) >= 11 is 1.62. The van der Waals surface area contributed by atoms with Crippen LogP contribution in [0.2, 0.25) is 0 Å². The largest absolute Gasteiger partial charge is 0.481 e. The smallest absolute Gasteiger partial charge is 0.180 e. The van der Waals surface area contributed by atoms with Gasteiger partial charge in [0.2, 0.25) is 0 Å². The van der Waals surface area contributed by atoms with Gasteiger partial charge in [-0.25, -0.2) is 4.98 Å². The molecule has 1 aliphatic rings. The fourth-order valence-electron chi connectivity index (χ4n) is 4.72. The summed E-state index contributed by atoms with van der Waals surface area (Å²) in [6.45, 7) is 0.322. The van der Waals surface area contributed by atoms with Gasteiger partial charge in [0.15, 0.2) is 5.82 Å². The van der Waals surface area contributed by atoms with E-state index in [9.17, 15) is 0 Å². The maximum absolute atomic E-state index is 5.82. The predicted molar refractivity (Wildman–Crippen MR) is 148 cm³/mol. The Bertz CT molecular complexity index is 1790. The van der Waals surface area contributed by atoms with Gasteiger partial charge in [-0.15, -0.1) is 11.3 Å². The average Bonchev–Trinajstić information content (AvgIpc) is 3.77. The van der Waals surface area contributed by atoms with E-state index in [1.807, 2.05) is 42.5 Å². The van der Waals surface area contributed by atoms with Crippen LogP contribution in [0.15, 0.2) is 84.8 Å². The first kappa shape index (κ1) is 22.2. The van der Waals surface area contributed by atoms with Gasteiger partial charge in [-0.1, -0.05) is 36.1 Å². The van der Waals surface area contributed by atoms with Gasteiger partial charge in [-0.3, -0.25) is 15.2 Å². The van der Waals surface area contributed by atoms with Gasteiger partial charge in [0, 0.05) is 46.4 Å². The zero-order valence-electron chi connectivity index (χ0n) is 20.1.